The summed E-state index contributed by atoms with van der Waals surface area (Å²) in [6, 6.07) is 1.83. The molecule has 0 bridgehead atoms. The van der Waals surface area contributed by atoms with Crippen LogP contribution in [0.4, 0.5) is 0 Å². The molecule has 8 nitrogen and oxygen atoms in total. The fourth-order valence-electron chi connectivity index (χ4n) is 2.00. The van der Waals surface area contributed by atoms with Crippen molar-refractivity contribution in [2.45, 2.75) is 32.7 Å². The van der Waals surface area contributed by atoms with Crippen molar-refractivity contribution >= 4 is 11.7 Å². The Kier molecular flexibility index (Phi) is 4.19. The van der Waals surface area contributed by atoms with E-state index in [0.717, 1.165) is 11.4 Å². The molecule has 0 spiro atoms. The van der Waals surface area contributed by atoms with Crippen LogP contribution in [0.25, 0.3) is 5.78 Å². The second-order valence-electron chi connectivity index (χ2n) is 5.09. The molecule has 0 aliphatic carbocycles. The SMILES string of the molecule is CCC(CO)(CO)NC(=O)c1nc2nc(C)cc(C)n2n1. The van der Waals surface area contributed by atoms with Gasteiger partial charge >= 0.3 is 0 Å². The van der Waals surface area contributed by atoms with Gasteiger partial charge in [-0.1, -0.05) is 6.92 Å². The fraction of sp³-hybridized carbons (Fsp3) is 0.538. The van der Waals surface area contributed by atoms with Crippen LogP contribution in [0.3, 0.4) is 0 Å². The highest BCUT2D eigenvalue weighted by molar-refractivity contribution is 5.91. The topological polar surface area (TPSA) is 113 Å². The van der Waals surface area contributed by atoms with Gasteiger partial charge in [-0.15, -0.1) is 5.10 Å². The summed E-state index contributed by atoms with van der Waals surface area (Å²) >= 11 is 0. The number of hydrogen-bond acceptors (Lipinski definition) is 6. The number of carbonyl (C=O) groups excluding carboxylic acids is 1. The van der Waals surface area contributed by atoms with E-state index in [2.05, 4.69) is 20.4 Å². The van der Waals surface area contributed by atoms with Gasteiger partial charge in [0.15, 0.2) is 0 Å². The first-order valence-electron chi connectivity index (χ1n) is 6.70. The zero-order valence-corrected chi connectivity index (χ0v) is 12.3. The smallest absolute Gasteiger partial charge is 0.291 e. The number of aryl methyl sites for hydroxylation is 2. The molecule has 3 N–H and O–H groups in total. The van der Waals surface area contributed by atoms with E-state index in [0.29, 0.717) is 12.2 Å². The van der Waals surface area contributed by atoms with Crippen LogP contribution in [0.15, 0.2) is 6.07 Å². The molecule has 2 rings (SSSR count). The Morgan fingerprint density at radius 1 is 1.33 bits per heavy atom. The van der Waals surface area contributed by atoms with Crippen LogP contribution in [0.5, 0.6) is 0 Å². The molecule has 0 aliphatic rings. The lowest BCUT2D eigenvalue weighted by Crippen LogP contribution is -2.54. The molecule has 0 fully saturated rings. The lowest BCUT2D eigenvalue weighted by atomic mass is 9.98. The Morgan fingerprint density at radius 3 is 2.57 bits per heavy atom. The Labute approximate surface area is 121 Å². The number of aliphatic hydroxyl groups excluding tert-OH is 2. The predicted molar refractivity (Wildman–Crippen MR) is 74.9 cm³/mol. The number of aliphatic hydroxyl groups is 2. The molecule has 2 heterocycles. The van der Waals surface area contributed by atoms with Gasteiger partial charge in [0, 0.05) is 11.4 Å². The summed E-state index contributed by atoms with van der Waals surface area (Å²) in [4.78, 5) is 20.5. The first-order chi connectivity index (χ1) is 9.94. The predicted octanol–water partition coefficient (Wildman–Crippen LogP) is -0.396. The molecule has 114 valence electrons. The minimum absolute atomic E-state index is 0.0454. The number of amides is 1. The minimum atomic E-state index is -1.08. The van der Waals surface area contributed by atoms with E-state index in [1.54, 1.807) is 6.92 Å². The summed E-state index contributed by atoms with van der Waals surface area (Å²) in [5, 5.41) is 25.4. The molecule has 0 saturated carbocycles. The monoisotopic (exact) mass is 293 g/mol. The maximum atomic E-state index is 12.2. The van der Waals surface area contributed by atoms with Crippen LogP contribution >= 0.6 is 0 Å². The minimum Gasteiger partial charge on any atom is -0.394 e. The molecule has 1 amide bonds. The molecule has 0 saturated heterocycles. The van der Waals surface area contributed by atoms with Crippen molar-refractivity contribution in [3.05, 3.63) is 23.3 Å². The van der Waals surface area contributed by atoms with Gasteiger partial charge in [-0.05, 0) is 26.3 Å². The molecular weight excluding hydrogens is 274 g/mol. The van der Waals surface area contributed by atoms with Crippen molar-refractivity contribution in [1.29, 1.82) is 0 Å². The molecule has 2 aromatic heterocycles. The highest BCUT2D eigenvalue weighted by Crippen LogP contribution is 2.10. The van der Waals surface area contributed by atoms with Gasteiger partial charge in [0.1, 0.15) is 0 Å². The zero-order chi connectivity index (χ0) is 15.6. The van der Waals surface area contributed by atoms with Crippen molar-refractivity contribution in [2.75, 3.05) is 13.2 Å². The van der Waals surface area contributed by atoms with Crippen molar-refractivity contribution in [2.24, 2.45) is 0 Å². The number of fused-ring (bicyclic) bond motifs is 1. The first-order valence-corrected chi connectivity index (χ1v) is 6.70. The highest BCUT2D eigenvalue weighted by atomic mass is 16.3. The summed E-state index contributed by atoms with van der Waals surface area (Å²) in [5.41, 5.74) is 0.524. The van der Waals surface area contributed by atoms with Crippen LogP contribution in [0.2, 0.25) is 0 Å². The first kappa shape index (κ1) is 15.3. The van der Waals surface area contributed by atoms with Gasteiger partial charge < -0.3 is 15.5 Å². The number of hydrogen-bond donors (Lipinski definition) is 3. The molecule has 0 aromatic carbocycles. The standard InChI is InChI=1S/C13H19N5O3/c1-4-13(6-19,7-20)16-11(21)10-15-12-14-8(2)5-9(3)18(12)17-10/h5,19-20H,4,6-7H2,1-3H3,(H,16,21). The average molecular weight is 293 g/mol. The van der Waals surface area contributed by atoms with Crippen LogP contribution < -0.4 is 5.32 Å². The summed E-state index contributed by atoms with van der Waals surface area (Å²) in [6.45, 7) is 4.71. The number of nitrogens with zero attached hydrogens (tertiary/aromatic N) is 4. The van der Waals surface area contributed by atoms with E-state index in [1.807, 2.05) is 19.9 Å². The van der Waals surface area contributed by atoms with E-state index >= 15 is 0 Å². The molecule has 0 aliphatic heterocycles. The van der Waals surface area contributed by atoms with Crippen LogP contribution in [0.1, 0.15) is 35.4 Å². The number of carbonyl (C=O) groups is 1. The lowest BCUT2D eigenvalue weighted by Gasteiger charge is -2.28. The Hall–Kier alpha value is -2.06. The molecule has 8 heteroatoms. The van der Waals surface area contributed by atoms with Crippen LogP contribution in [0, 0.1) is 13.8 Å². The van der Waals surface area contributed by atoms with Crippen molar-refractivity contribution in [1.82, 2.24) is 24.9 Å². The maximum Gasteiger partial charge on any atom is 0.291 e. The third-order valence-corrected chi connectivity index (χ3v) is 3.48. The molecule has 21 heavy (non-hydrogen) atoms. The quantitative estimate of drug-likeness (QED) is 0.691. The van der Waals surface area contributed by atoms with Crippen molar-refractivity contribution in [3.8, 4) is 0 Å². The third kappa shape index (κ3) is 2.86. The Morgan fingerprint density at radius 2 is 2.00 bits per heavy atom. The molecule has 0 radical (unpaired) electrons. The normalized spacial score (nSPS) is 11.9. The van der Waals surface area contributed by atoms with Gasteiger partial charge in [0.2, 0.25) is 5.82 Å². The third-order valence-electron chi connectivity index (χ3n) is 3.48. The number of rotatable bonds is 5. The van der Waals surface area contributed by atoms with Crippen LogP contribution in [-0.2, 0) is 0 Å². The van der Waals surface area contributed by atoms with E-state index < -0.39 is 11.4 Å². The van der Waals surface area contributed by atoms with Gasteiger partial charge in [-0.3, -0.25) is 4.79 Å². The molecule has 0 atom stereocenters. The summed E-state index contributed by atoms with van der Waals surface area (Å²) in [5.74, 6) is -0.258. The maximum absolute atomic E-state index is 12.2. The van der Waals surface area contributed by atoms with Gasteiger partial charge in [0.05, 0.1) is 18.8 Å². The number of nitrogens with one attached hydrogen (secondary N) is 1. The lowest BCUT2D eigenvalue weighted by molar-refractivity contribution is 0.0645. The molecular formula is C13H19N5O3. The average Bonchev–Trinajstić information content (AvgIpc) is 2.89. The van der Waals surface area contributed by atoms with Gasteiger partial charge in [-0.2, -0.15) is 4.98 Å². The Balaban J connectivity index is 2.34. The van der Waals surface area contributed by atoms with E-state index in [1.165, 1.54) is 4.52 Å². The zero-order valence-electron chi connectivity index (χ0n) is 12.3. The van der Waals surface area contributed by atoms with E-state index in [-0.39, 0.29) is 19.0 Å². The highest BCUT2D eigenvalue weighted by Gasteiger charge is 2.30. The van der Waals surface area contributed by atoms with E-state index in [4.69, 9.17) is 0 Å². The summed E-state index contributed by atoms with van der Waals surface area (Å²) < 4.78 is 1.48. The largest absolute Gasteiger partial charge is 0.394 e. The van der Waals surface area contributed by atoms with Gasteiger partial charge in [0.25, 0.3) is 11.7 Å². The summed E-state index contributed by atoms with van der Waals surface area (Å²) in [7, 11) is 0. The van der Waals surface area contributed by atoms with E-state index in [9.17, 15) is 15.0 Å². The van der Waals surface area contributed by atoms with Crippen molar-refractivity contribution in [3.63, 3.8) is 0 Å². The van der Waals surface area contributed by atoms with Gasteiger partial charge in [-0.25, -0.2) is 9.50 Å². The molecule has 0 unspecified atom stereocenters. The molecule has 2 aromatic rings. The fourth-order valence-corrected chi connectivity index (χ4v) is 2.00. The van der Waals surface area contributed by atoms with Crippen LogP contribution in [-0.4, -0.2) is 54.5 Å². The van der Waals surface area contributed by atoms with Crippen molar-refractivity contribution < 1.29 is 15.0 Å². The number of aromatic nitrogens is 4. The summed E-state index contributed by atoms with van der Waals surface area (Å²) in [6.07, 6.45) is 0.384. The second kappa shape index (κ2) is 5.74. The Bertz CT molecular complexity index is 655. The second-order valence-corrected chi connectivity index (χ2v) is 5.09.